The van der Waals surface area contributed by atoms with Gasteiger partial charge in [0.15, 0.2) is 0 Å². The fraction of sp³-hybridized carbons (Fsp3) is 0.312. The van der Waals surface area contributed by atoms with Gasteiger partial charge in [-0.15, -0.1) is 0 Å². The Morgan fingerprint density at radius 1 is 1.29 bits per heavy atom. The van der Waals surface area contributed by atoms with Crippen LogP contribution in [0.25, 0.3) is 0 Å². The van der Waals surface area contributed by atoms with Crippen molar-refractivity contribution in [1.82, 2.24) is 10.2 Å². The van der Waals surface area contributed by atoms with Crippen molar-refractivity contribution in [2.45, 2.75) is 32.1 Å². The first-order valence-corrected chi connectivity index (χ1v) is 6.97. The van der Waals surface area contributed by atoms with Crippen LogP contribution >= 0.6 is 0 Å². The Hall–Kier alpha value is -2.48. The highest BCUT2D eigenvalue weighted by molar-refractivity contribution is 5.38. The van der Waals surface area contributed by atoms with E-state index in [1.807, 2.05) is 6.07 Å². The number of rotatable bonds is 2. The van der Waals surface area contributed by atoms with E-state index in [0.717, 1.165) is 48.1 Å². The second-order valence-corrected chi connectivity index (χ2v) is 5.27. The number of aromatic amines is 1. The van der Waals surface area contributed by atoms with Crippen molar-refractivity contribution in [2.24, 2.45) is 0 Å². The normalized spacial score (nSPS) is 13.5. The molecule has 0 saturated heterocycles. The molecule has 2 aromatic rings. The van der Waals surface area contributed by atoms with Crippen LogP contribution in [0.4, 0.5) is 4.39 Å². The molecule has 1 aliphatic rings. The smallest absolute Gasteiger partial charge is 0.267 e. The summed E-state index contributed by atoms with van der Waals surface area (Å²) in [6, 6.07) is 6.33. The molecule has 0 amide bonds. The van der Waals surface area contributed by atoms with Gasteiger partial charge in [0.2, 0.25) is 0 Å². The summed E-state index contributed by atoms with van der Waals surface area (Å²) in [7, 11) is 0. The molecule has 0 fully saturated rings. The van der Waals surface area contributed by atoms with E-state index in [0.29, 0.717) is 6.42 Å². The molecule has 1 N–H and O–H groups in total. The van der Waals surface area contributed by atoms with E-state index >= 15 is 0 Å². The van der Waals surface area contributed by atoms with Crippen molar-refractivity contribution in [3.63, 3.8) is 0 Å². The highest BCUT2D eigenvalue weighted by Crippen LogP contribution is 2.22. The van der Waals surface area contributed by atoms with Crippen molar-refractivity contribution in [3.8, 4) is 6.07 Å². The zero-order chi connectivity index (χ0) is 14.8. The number of nitrogens with one attached hydrogen (secondary N) is 1. The van der Waals surface area contributed by atoms with E-state index in [1.54, 1.807) is 6.07 Å². The Labute approximate surface area is 121 Å². The van der Waals surface area contributed by atoms with Crippen molar-refractivity contribution < 1.29 is 4.39 Å². The molecule has 0 unspecified atom stereocenters. The fourth-order valence-corrected chi connectivity index (χ4v) is 2.84. The third kappa shape index (κ3) is 2.57. The number of fused-ring (bicyclic) bond motifs is 1. The minimum atomic E-state index is -0.516. The molecule has 1 aliphatic carbocycles. The molecule has 106 valence electrons. The second kappa shape index (κ2) is 5.49. The van der Waals surface area contributed by atoms with Gasteiger partial charge in [0.05, 0.1) is 11.3 Å². The highest BCUT2D eigenvalue weighted by atomic mass is 19.1. The molecule has 0 bridgehead atoms. The van der Waals surface area contributed by atoms with Gasteiger partial charge in [0, 0.05) is 12.0 Å². The molecule has 0 saturated carbocycles. The van der Waals surface area contributed by atoms with E-state index in [2.05, 4.69) is 10.2 Å². The van der Waals surface area contributed by atoms with Crippen LogP contribution < -0.4 is 5.56 Å². The minimum absolute atomic E-state index is 0.0331. The summed E-state index contributed by atoms with van der Waals surface area (Å²) in [5, 5.41) is 15.6. The maximum Gasteiger partial charge on any atom is 0.267 e. The summed E-state index contributed by atoms with van der Waals surface area (Å²) in [6.45, 7) is 0. The van der Waals surface area contributed by atoms with E-state index in [1.165, 1.54) is 12.1 Å². The number of hydrogen-bond donors (Lipinski definition) is 1. The van der Waals surface area contributed by atoms with Gasteiger partial charge in [-0.1, -0.05) is 6.07 Å². The van der Waals surface area contributed by atoms with Crippen LogP contribution in [0, 0.1) is 17.1 Å². The number of hydrogen-bond acceptors (Lipinski definition) is 3. The monoisotopic (exact) mass is 283 g/mol. The molecule has 0 radical (unpaired) electrons. The molecule has 3 rings (SSSR count). The summed E-state index contributed by atoms with van der Waals surface area (Å²) in [5.41, 5.74) is 3.41. The molecule has 4 nitrogen and oxygen atoms in total. The fourth-order valence-electron chi connectivity index (χ4n) is 2.84. The van der Waals surface area contributed by atoms with Gasteiger partial charge in [-0.2, -0.15) is 10.4 Å². The lowest BCUT2D eigenvalue weighted by atomic mass is 9.90. The Kier molecular flexibility index (Phi) is 3.53. The SMILES string of the molecule is N#Cc1cc(Cc2n[nH]c(=O)c3c2CCCC3)ccc1F. The van der Waals surface area contributed by atoms with Crippen LogP contribution in [0.15, 0.2) is 23.0 Å². The topological polar surface area (TPSA) is 69.5 Å². The molecule has 0 spiro atoms. The van der Waals surface area contributed by atoms with Gasteiger partial charge in [-0.25, -0.2) is 9.49 Å². The third-order valence-corrected chi connectivity index (χ3v) is 3.91. The molecule has 1 aromatic heterocycles. The summed E-state index contributed by atoms with van der Waals surface area (Å²) in [5.74, 6) is -0.516. The summed E-state index contributed by atoms with van der Waals surface area (Å²) < 4.78 is 13.3. The quantitative estimate of drug-likeness (QED) is 0.919. The predicted octanol–water partition coefficient (Wildman–Crippen LogP) is 2.25. The van der Waals surface area contributed by atoms with Crippen LogP contribution in [-0.2, 0) is 19.3 Å². The summed E-state index contributed by atoms with van der Waals surface area (Å²) >= 11 is 0. The lowest BCUT2D eigenvalue weighted by Crippen LogP contribution is -2.23. The molecule has 1 heterocycles. The predicted molar refractivity (Wildman–Crippen MR) is 75.4 cm³/mol. The van der Waals surface area contributed by atoms with Gasteiger partial charge in [0.25, 0.3) is 5.56 Å². The van der Waals surface area contributed by atoms with E-state index in [4.69, 9.17) is 5.26 Å². The Morgan fingerprint density at radius 2 is 2.05 bits per heavy atom. The second-order valence-electron chi connectivity index (χ2n) is 5.27. The van der Waals surface area contributed by atoms with E-state index in [9.17, 15) is 9.18 Å². The molecule has 1 aromatic carbocycles. The van der Waals surface area contributed by atoms with Gasteiger partial charge < -0.3 is 0 Å². The molecule has 5 heteroatoms. The van der Waals surface area contributed by atoms with Crippen LogP contribution in [0.1, 0.15) is 40.8 Å². The number of H-pyrrole nitrogens is 1. The van der Waals surface area contributed by atoms with E-state index in [-0.39, 0.29) is 11.1 Å². The average molecular weight is 283 g/mol. The van der Waals surface area contributed by atoms with Crippen molar-refractivity contribution in [3.05, 3.63) is 62.3 Å². The standard InChI is InChI=1S/C16H14FN3O/c17-14-6-5-10(7-11(14)9-18)8-15-12-3-1-2-4-13(12)16(21)20-19-15/h5-7H,1-4,8H2,(H,20,21). The molecule has 0 atom stereocenters. The number of nitrogens with zero attached hydrogens (tertiary/aromatic N) is 2. The zero-order valence-electron chi connectivity index (χ0n) is 11.4. The number of aromatic nitrogens is 2. The minimum Gasteiger partial charge on any atom is -0.268 e. The number of benzene rings is 1. The van der Waals surface area contributed by atoms with Crippen LogP contribution in [0.5, 0.6) is 0 Å². The first kappa shape index (κ1) is 13.5. The van der Waals surface area contributed by atoms with Crippen LogP contribution in [0.2, 0.25) is 0 Å². The van der Waals surface area contributed by atoms with Crippen molar-refractivity contribution in [1.29, 1.82) is 5.26 Å². The number of nitriles is 1. The van der Waals surface area contributed by atoms with Crippen LogP contribution in [-0.4, -0.2) is 10.2 Å². The van der Waals surface area contributed by atoms with Crippen molar-refractivity contribution >= 4 is 0 Å². The first-order chi connectivity index (χ1) is 10.2. The third-order valence-electron chi connectivity index (χ3n) is 3.91. The zero-order valence-corrected chi connectivity index (χ0v) is 11.4. The largest absolute Gasteiger partial charge is 0.268 e. The molecular weight excluding hydrogens is 269 g/mol. The highest BCUT2D eigenvalue weighted by Gasteiger charge is 2.18. The lowest BCUT2D eigenvalue weighted by Gasteiger charge is -2.17. The van der Waals surface area contributed by atoms with Crippen molar-refractivity contribution in [2.75, 3.05) is 0 Å². The van der Waals surface area contributed by atoms with Gasteiger partial charge in [-0.05, 0) is 48.9 Å². The maximum atomic E-state index is 13.3. The Balaban J connectivity index is 1.99. The Bertz CT molecular complexity index is 789. The Morgan fingerprint density at radius 3 is 2.81 bits per heavy atom. The number of halogens is 1. The molecule has 21 heavy (non-hydrogen) atoms. The van der Waals surface area contributed by atoms with Gasteiger partial charge in [-0.3, -0.25) is 4.79 Å². The first-order valence-electron chi connectivity index (χ1n) is 6.97. The average Bonchev–Trinajstić information content (AvgIpc) is 2.52. The van der Waals surface area contributed by atoms with Gasteiger partial charge in [0.1, 0.15) is 11.9 Å². The summed E-state index contributed by atoms with van der Waals surface area (Å²) in [4.78, 5) is 11.8. The van der Waals surface area contributed by atoms with E-state index < -0.39 is 5.82 Å². The summed E-state index contributed by atoms with van der Waals surface area (Å²) in [6.07, 6.45) is 4.21. The lowest BCUT2D eigenvalue weighted by molar-refractivity contribution is 0.623. The van der Waals surface area contributed by atoms with Crippen LogP contribution in [0.3, 0.4) is 0 Å². The van der Waals surface area contributed by atoms with Gasteiger partial charge >= 0.3 is 0 Å². The maximum absolute atomic E-state index is 13.3. The molecule has 0 aliphatic heterocycles. The molecular formula is C16H14FN3O.